The molecule has 0 unspecified atom stereocenters. The van der Waals surface area contributed by atoms with Crippen molar-refractivity contribution in [1.29, 1.82) is 0 Å². The number of nitrogens with zero attached hydrogens (tertiary/aromatic N) is 1. The lowest BCUT2D eigenvalue weighted by atomic mass is 10.8. The lowest BCUT2D eigenvalue weighted by Gasteiger charge is -2.07. The fourth-order valence-electron chi connectivity index (χ4n) is 0.548. The van der Waals surface area contributed by atoms with E-state index in [0.717, 1.165) is 6.04 Å². The zero-order valence-corrected chi connectivity index (χ0v) is 7.32. The topological polar surface area (TPSA) is 47.9 Å². The van der Waals surface area contributed by atoms with Crippen LogP contribution in [-0.4, -0.2) is 36.1 Å². The predicted molar refractivity (Wildman–Crippen MR) is 39.0 cm³/mol. The van der Waals surface area contributed by atoms with E-state index in [0.29, 0.717) is 6.54 Å². The third kappa shape index (κ3) is 4.40. The van der Waals surface area contributed by atoms with Crippen LogP contribution in [0.15, 0.2) is 4.99 Å². The second kappa shape index (κ2) is 6.63. The lowest BCUT2D eigenvalue weighted by Crippen LogP contribution is -2.19. The fourth-order valence-corrected chi connectivity index (χ4v) is 1.55. The molecule has 0 aromatic rings. The quantitative estimate of drug-likeness (QED) is 0.320. The first-order valence-electron chi connectivity index (χ1n) is 2.94. The van der Waals surface area contributed by atoms with Crippen molar-refractivity contribution in [3.63, 3.8) is 0 Å². The largest absolute Gasteiger partial charge is 0.400 e. The second-order valence-corrected chi connectivity index (χ2v) is 4.04. The molecule has 0 atom stereocenters. The van der Waals surface area contributed by atoms with Gasteiger partial charge in [-0.05, 0) is 0 Å². The monoisotopic (exact) mass is 161 g/mol. The van der Waals surface area contributed by atoms with E-state index in [2.05, 4.69) is 4.99 Å². The average molecular weight is 161 g/mol. The molecule has 58 valence electrons. The normalized spacial score (nSPS) is 9.50. The lowest BCUT2D eigenvalue weighted by molar-refractivity contribution is 0.278. The van der Waals surface area contributed by atoms with Gasteiger partial charge in [0.1, 0.15) is 0 Å². The maximum Gasteiger partial charge on any atom is 0.322 e. The minimum absolute atomic E-state index is 0.460. The van der Waals surface area contributed by atoms with Crippen molar-refractivity contribution >= 4 is 15.4 Å². The minimum atomic E-state index is -1.50. The van der Waals surface area contributed by atoms with Gasteiger partial charge >= 0.3 is 9.28 Å². The van der Waals surface area contributed by atoms with Gasteiger partial charge in [-0.15, -0.1) is 0 Å². The number of hydrogen-bond acceptors (Lipinski definition) is 4. The van der Waals surface area contributed by atoms with Crippen molar-refractivity contribution in [2.45, 2.75) is 6.04 Å². The maximum atomic E-state index is 9.61. The summed E-state index contributed by atoms with van der Waals surface area (Å²) in [5.41, 5.74) is 0. The molecule has 0 rings (SSSR count). The summed E-state index contributed by atoms with van der Waals surface area (Å²) in [6.45, 7) is 0.460. The first-order valence-corrected chi connectivity index (χ1v) is 4.70. The molecule has 5 heteroatoms. The molecular formula is C5H11NO3Si. The van der Waals surface area contributed by atoms with Gasteiger partial charge in [0, 0.05) is 20.3 Å². The molecule has 0 aromatic carbocycles. The molecule has 10 heavy (non-hydrogen) atoms. The van der Waals surface area contributed by atoms with Crippen molar-refractivity contribution in [3.05, 3.63) is 0 Å². The standard InChI is InChI=1S/C5H11NO3Si/c1-8-10(9-2)4-3-6-5-7/h10H,3-4H2,1-2H3. The predicted octanol–water partition coefficient (Wildman–Crippen LogP) is -0.165. The van der Waals surface area contributed by atoms with Crippen LogP contribution < -0.4 is 0 Å². The maximum absolute atomic E-state index is 9.61. The van der Waals surface area contributed by atoms with Crippen molar-refractivity contribution in [3.8, 4) is 0 Å². The van der Waals surface area contributed by atoms with Gasteiger partial charge in [0.15, 0.2) is 0 Å². The molecule has 4 nitrogen and oxygen atoms in total. The zero-order chi connectivity index (χ0) is 7.82. The molecule has 0 fully saturated rings. The third-order valence-electron chi connectivity index (χ3n) is 1.07. The first-order chi connectivity index (χ1) is 4.85. The Morgan fingerprint density at radius 3 is 2.50 bits per heavy atom. The van der Waals surface area contributed by atoms with Crippen molar-refractivity contribution < 1.29 is 13.6 Å². The van der Waals surface area contributed by atoms with Gasteiger partial charge in [-0.25, -0.2) is 9.79 Å². The highest BCUT2D eigenvalue weighted by Gasteiger charge is 2.06. The van der Waals surface area contributed by atoms with E-state index < -0.39 is 9.28 Å². The van der Waals surface area contributed by atoms with Crippen LogP contribution in [0.5, 0.6) is 0 Å². The molecule has 0 aromatic heterocycles. The van der Waals surface area contributed by atoms with Crippen LogP contribution >= 0.6 is 0 Å². The van der Waals surface area contributed by atoms with Gasteiger partial charge in [0.2, 0.25) is 6.08 Å². The molecule has 0 aliphatic carbocycles. The molecule has 0 amide bonds. The van der Waals surface area contributed by atoms with Crippen LogP contribution in [-0.2, 0) is 13.6 Å². The highest BCUT2D eigenvalue weighted by Crippen LogP contribution is 1.93. The molecule has 0 radical (unpaired) electrons. The molecule has 0 bridgehead atoms. The minimum Gasteiger partial charge on any atom is -0.400 e. The molecule has 0 aliphatic rings. The zero-order valence-electron chi connectivity index (χ0n) is 6.16. The van der Waals surface area contributed by atoms with Crippen molar-refractivity contribution in [2.24, 2.45) is 4.99 Å². The first kappa shape index (κ1) is 9.52. The summed E-state index contributed by atoms with van der Waals surface area (Å²) < 4.78 is 9.95. The Balaban J connectivity index is 3.34. The molecule has 0 saturated carbocycles. The smallest absolute Gasteiger partial charge is 0.322 e. The summed E-state index contributed by atoms with van der Waals surface area (Å²) in [5.74, 6) is 0. The highest BCUT2D eigenvalue weighted by atomic mass is 28.3. The molecule has 0 heterocycles. The SMILES string of the molecule is CO[SiH](CCN=C=O)OC. The van der Waals surface area contributed by atoms with Crippen molar-refractivity contribution in [2.75, 3.05) is 20.8 Å². The van der Waals surface area contributed by atoms with E-state index >= 15 is 0 Å². The van der Waals surface area contributed by atoms with Gasteiger partial charge < -0.3 is 8.85 Å². The number of rotatable bonds is 5. The second-order valence-electron chi connectivity index (χ2n) is 1.66. The van der Waals surface area contributed by atoms with Gasteiger partial charge in [-0.2, -0.15) is 0 Å². The van der Waals surface area contributed by atoms with Gasteiger partial charge in [-0.3, -0.25) is 0 Å². The molecule has 0 saturated heterocycles. The average Bonchev–Trinajstić information content (AvgIpc) is 1.99. The van der Waals surface area contributed by atoms with Crippen LogP contribution in [0.3, 0.4) is 0 Å². The summed E-state index contributed by atoms with van der Waals surface area (Å²) in [7, 11) is 1.71. The van der Waals surface area contributed by atoms with E-state index in [1.165, 1.54) is 6.08 Å². The van der Waals surface area contributed by atoms with Crippen LogP contribution in [0.1, 0.15) is 0 Å². The van der Waals surface area contributed by atoms with Gasteiger partial charge in [0.25, 0.3) is 0 Å². The number of carbonyl (C=O) groups excluding carboxylic acids is 1. The fraction of sp³-hybridized carbons (Fsp3) is 0.800. The van der Waals surface area contributed by atoms with Crippen LogP contribution in [0.2, 0.25) is 6.04 Å². The highest BCUT2D eigenvalue weighted by molar-refractivity contribution is 6.44. The third-order valence-corrected chi connectivity index (χ3v) is 2.85. The summed E-state index contributed by atoms with van der Waals surface area (Å²) >= 11 is 0. The van der Waals surface area contributed by atoms with Crippen LogP contribution in [0, 0.1) is 0 Å². The van der Waals surface area contributed by atoms with E-state index in [-0.39, 0.29) is 0 Å². The van der Waals surface area contributed by atoms with E-state index in [1.54, 1.807) is 14.2 Å². The summed E-state index contributed by atoms with van der Waals surface area (Å²) in [4.78, 5) is 13.0. The Morgan fingerprint density at radius 2 is 2.10 bits per heavy atom. The molecule has 0 spiro atoms. The van der Waals surface area contributed by atoms with Crippen LogP contribution in [0.4, 0.5) is 0 Å². The van der Waals surface area contributed by atoms with Gasteiger partial charge in [-0.1, -0.05) is 0 Å². The van der Waals surface area contributed by atoms with Crippen molar-refractivity contribution in [1.82, 2.24) is 0 Å². The Morgan fingerprint density at radius 1 is 1.50 bits per heavy atom. The summed E-state index contributed by atoms with van der Waals surface area (Å²) in [5, 5.41) is 0. The summed E-state index contributed by atoms with van der Waals surface area (Å²) in [6.07, 6.45) is 1.46. The number of aliphatic imine (C=N–C) groups is 1. The Hall–Kier alpha value is -0.483. The molecular weight excluding hydrogens is 150 g/mol. The van der Waals surface area contributed by atoms with Crippen LogP contribution in [0.25, 0.3) is 0 Å². The van der Waals surface area contributed by atoms with E-state index in [1.807, 2.05) is 0 Å². The molecule has 0 N–H and O–H groups in total. The molecule has 0 aliphatic heterocycles. The van der Waals surface area contributed by atoms with E-state index in [4.69, 9.17) is 8.85 Å². The van der Waals surface area contributed by atoms with E-state index in [9.17, 15) is 4.79 Å². The Bertz CT molecular complexity index is 120. The Labute approximate surface area is 61.7 Å². The van der Waals surface area contributed by atoms with Gasteiger partial charge in [0.05, 0.1) is 6.54 Å². The Kier molecular flexibility index (Phi) is 6.31. The summed E-state index contributed by atoms with van der Waals surface area (Å²) in [6, 6.07) is 0.724. The number of isocyanates is 1. The number of hydrogen-bond donors (Lipinski definition) is 0.